The molecular weight excluding hydrogens is 476 g/mol. The molecule has 0 heterocycles. The van der Waals surface area contributed by atoms with Crippen molar-refractivity contribution in [1.82, 2.24) is 0 Å². The average molecular weight is 523 g/mol. The zero-order chi connectivity index (χ0) is 29.0. The van der Waals surface area contributed by atoms with Gasteiger partial charge in [-0.25, -0.2) is 4.79 Å². The quantitative estimate of drug-likeness (QED) is 0.246. The zero-order valence-electron chi connectivity index (χ0n) is 24.4. The van der Waals surface area contributed by atoms with Crippen molar-refractivity contribution in [2.24, 2.45) is 0 Å². The van der Waals surface area contributed by atoms with Crippen molar-refractivity contribution in [1.29, 1.82) is 0 Å². The van der Waals surface area contributed by atoms with Gasteiger partial charge in [-0.05, 0) is 75.6 Å². The fourth-order valence-corrected chi connectivity index (χ4v) is 3.75. The Labute approximate surface area is 237 Å². The molecule has 0 aromatic heterocycles. The van der Waals surface area contributed by atoms with Crippen LogP contribution in [0, 0.1) is 20.8 Å². The van der Waals surface area contributed by atoms with Gasteiger partial charge in [-0.1, -0.05) is 135 Å². The second kappa shape index (κ2) is 19.2. The number of ether oxygens (including phenoxy) is 1. The lowest BCUT2D eigenvalue weighted by Crippen LogP contribution is -2.20. The Balaban J connectivity index is 0.000000262. The molecule has 3 aromatic carbocycles. The Bertz CT molecular complexity index is 1180. The highest BCUT2D eigenvalue weighted by Crippen LogP contribution is 2.20. The molecule has 0 unspecified atom stereocenters. The smallest absolute Gasteiger partial charge is 0.333 e. The predicted molar refractivity (Wildman–Crippen MR) is 172 cm³/mol. The van der Waals surface area contributed by atoms with Crippen LogP contribution in [-0.4, -0.2) is 12.1 Å². The summed E-state index contributed by atoms with van der Waals surface area (Å²) >= 11 is 0. The van der Waals surface area contributed by atoms with Gasteiger partial charge in [0.05, 0.1) is 0 Å². The number of rotatable bonds is 5. The van der Waals surface area contributed by atoms with Gasteiger partial charge in [0, 0.05) is 5.57 Å². The zero-order valence-corrected chi connectivity index (χ0v) is 24.4. The second-order valence-electron chi connectivity index (χ2n) is 9.74. The summed E-state index contributed by atoms with van der Waals surface area (Å²) in [7, 11) is 0. The number of carbonyl (C=O) groups is 1. The summed E-state index contributed by atoms with van der Waals surface area (Å²) in [5, 5.41) is 0. The Kier molecular flexibility index (Phi) is 16.3. The van der Waals surface area contributed by atoms with Gasteiger partial charge in [0.1, 0.15) is 6.10 Å². The molecule has 0 N–H and O–H groups in total. The van der Waals surface area contributed by atoms with Crippen molar-refractivity contribution in [2.75, 3.05) is 0 Å². The van der Waals surface area contributed by atoms with Gasteiger partial charge in [-0.2, -0.15) is 0 Å². The minimum atomic E-state index is -0.234. The summed E-state index contributed by atoms with van der Waals surface area (Å²) < 4.78 is 5.21. The number of aryl methyl sites for hydroxylation is 3. The first kappa shape index (κ1) is 33.1. The van der Waals surface area contributed by atoms with Crippen LogP contribution >= 0.6 is 0 Å². The Morgan fingerprint density at radius 1 is 0.744 bits per heavy atom. The molecule has 206 valence electrons. The van der Waals surface area contributed by atoms with Crippen LogP contribution in [-0.2, 0) is 9.53 Å². The minimum absolute atomic E-state index is 0.156. The fourth-order valence-electron chi connectivity index (χ4n) is 3.75. The molecule has 39 heavy (non-hydrogen) atoms. The van der Waals surface area contributed by atoms with Crippen LogP contribution in [0.5, 0.6) is 0 Å². The summed E-state index contributed by atoms with van der Waals surface area (Å²) in [6.07, 6.45) is 11.4. The number of benzene rings is 3. The summed E-state index contributed by atoms with van der Waals surface area (Å²) in [4.78, 5) is 11.1. The van der Waals surface area contributed by atoms with Crippen LogP contribution in [0.15, 0.2) is 105 Å². The normalized spacial score (nSPS) is 12.0. The van der Waals surface area contributed by atoms with Crippen LogP contribution in [0.2, 0.25) is 0 Å². The van der Waals surface area contributed by atoms with Crippen LogP contribution in [0.25, 0.3) is 18.2 Å². The Morgan fingerprint density at radius 3 is 1.82 bits per heavy atom. The van der Waals surface area contributed by atoms with Gasteiger partial charge in [0.25, 0.3) is 0 Å². The molecule has 0 radical (unpaired) electrons. The number of hydrogen-bond acceptors (Lipinski definition) is 2. The molecule has 0 saturated heterocycles. The van der Waals surface area contributed by atoms with Crippen molar-refractivity contribution in [3.05, 3.63) is 138 Å². The standard InChI is InChI=1S/C10H16O2.3C9H10/c1-8(2)10(11)12-9-6-4-3-5-7-9;1-3-9-6-4-8(2)5-7-9;1-3-9-6-4-5-8(2)7-9;1-3-9-7-5-4-6-8(9)2/h9H,1,3-7H2,2H3;3*3-7H,1H2,2H3. The Hall–Kier alpha value is -3.91. The van der Waals surface area contributed by atoms with E-state index in [0.29, 0.717) is 5.57 Å². The van der Waals surface area contributed by atoms with E-state index in [1.165, 1.54) is 52.6 Å². The molecule has 0 spiro atoms. The highest BCUT2D eigenvalue weighted by molar-refractivity contribution is 5.87. The third-order valence-electron chi connectivity index (χ3n) is 6.17. The fraction of sp³-hybridized carbons (Fsp3) is 0.270. The topological polar surface area (TPSA) is 26.3 Å². The summed E-state index contributed by atoms with van der Waals surface area (Å²) in [5.74, 6) is -0.234. The first-order valence-corrected chi connectivity index (χ1v) is 13.6. The van der Waals surface area contributed by atoms with Crippen LogP contribution < -0.4 is 0 Å². The molecule has 2 heteroatoms. The maximum Gasteiger partial charge on any atom is 0.333 e. The van der Waals surface area contributed by atoms with Crippen molar-refractivity contribution < 1.29 is 9.53 Å². The van der Waals surface area contributed by atoms with Crippen LogP contribution in [0.4, 0.5) is 0 Å². The maximum absolute atomic E-state index is 11.1. The van der Waals surface area contributed by atoms with Crippen molar-refractivity contribution in [2.45, 2.75) is 65.9 Å². The van der Waals surface area contributed by atoms with Gasteiger partial charge in [-0.3, -0.25) is 0 Å². The van der Waals surface area contributed by atoms with E-state index in [2.05, 4.69) is 95.6 Å². The van der Waals surface area contributed by atoms with E-state index in [4.69, 9.17) is 4.74 Å². The molecule has 1 saturated carbocycles. The predicted octanol–water partition coefficient (Wildman–Crippen LogP) is 10.4. The van der Waals surface area contributed by atoms with Crippen LogP contribution in [0.3, 0.4) is 0 Å². The van der Waals surface area contributed by atoms with E-state index in [0.717, 1.165) is 12.8 Å². The summed E-state index contributed by atoms with van der Waals surface area (Å²) in [6, 6.07) is 24.7. The Morgan fingerprint density at radius 2 is 1.36 bits per heavy atom. The molecule has 0 amide bonds. The van der Waals surface area contributed by atoms with Crippen LogP contribution in [0.1, 0.15) is 72.4 Å². The lowest BCUT2D eigenvalue weighted by atomic mass is 9.98. The third-order valence-corrected chi connectivity index (χ3v) is 6.17. The van der Waals surface area contributed by atoms with E-state index < -0.39 is 0 Å². The lowest BCUT2D eigenvalue weighted by molar-refractivity contribution is -0.145. The third kappa shape index (κ3) is 14.6. The number of carbonyl (C=O) groups excluding carboxylic acids is 1. The molecule has 1 aliphatic carbocycles. The van der Waals surface area contributed by atoms with Crippen molar-refractivity contribution in [3.8, 4) is 0 Å². The average Bonchev–Trinajstić information content (AvgIpc) is 2.95. The monoisotopic (exact) mass is 522 g/mol. The number of hydrogen-bond donors (Lipinski definition) is 0. The first-order valence-electron chi connectivity index (χ1n) is 13.6. The van der Waals surface area contributed by atoms with E-state index >= 15 is 0 Å². The van der Waals surface area contributed by atoms with Crippen molar-refractivity contribution >= 4 is 24.2 Å². The molecule has 0 aliphatic heterocycles. The lowest BCUT2D eigenvalue weighted by Gasteiger charge is -2.21. The molecule has 4 rings (SSSR count). The van der Waals surface area contributed by atoms with Gasteiger partial charge >= 0.3 is 5.97 Å². The highest BCUT2D eigenvalue weighted by atomic mass is 16.5. The van der Waals surface area contributed by atoms with Crippen molar-refractivity contribution in [3.63, 3.8) is 0 Å². The summed E-state index contributed by atoms with van der Waals surface area (Å²) in [5.41, 5.74) is 7.95. The van der Waals surface area contributed by atoms with Gasteiger partial charge in [0.15, 0.2) is 0 Å². The van der Waals surface area contributed by atoms with E-state index in [-0.39, 0.29) is 12.1 Å². The molecule has 1 fully saturated rings. The van der Waals surface area contributed by atoms with Gasteiger partial charge < -0.3 is 4.74 Å². The molecule has 3 aromatic rings. The molecule has 1 aliphatic rings. The molecule has 2 nitrogen and oxygen atoms in total. The first-order chi connectivity index (χ1) is 18.7. The molecule has 0 bridgehead atoms. The van der Waals surface area contributed by atoms with E-state index in [1.807, 2.05) is 42.5 Å². The SMILES string of the molecule is C=C(C)C(=O)OC1CCCCC1.C=Cc1ccc(C)cc1.C=Cc1cccc(C)c1.C=Cc1ccccc1C. The van der Waals surface area contributed by atoms with Gasteiger partial charge in [0.2, 0.25) is 0 Å². The largest absolute Gasteiger partial charge is 0.459 e. The second-order valence-corrected chi connectivity index (χ2v) is 9.74. The van der Waals surface area contributed by atoms with E-state index in [9.17, 15) is 4.79 Å². The maximum atomic E-state index is 11.1. The molecule has 0 atom stereocenters. The number of esters is 1. The molecular formula is C37H46O2. The highest BCUT2D eigenvalue weighted by Gasteiger charge is 2.17. The minimum Gasteiger partial charge on any atom is -0.459 e. The summed E-state index contributed by atoms with van der Waals surface area (Å²) in [6.45, 7) is 22.5. The van der Waals surface area contributed by atoms with Gasteiger partial charge in [-0.15, -0.1) is 0 Å². The van der Waals surface area contributed by atoms with E-state index in [1.54, 1.807) is 6.92 Å².